The Bertz CT molecular complexity index is 621. The van der Waals surface area contributed by atoms with Crippen LogP contribution in [0.5, 0.6) is 5.88 Å². The third-order valence-corrected chi connectivity index (χ3v) is 4.39. The maximum absolute atomic E-state index is 12.6. The van der Waals surface area contributed by atoms with Crippen LogP contribution in [0.25, 0.3) is 0 Å². The molecule has 1 fully saturated rings. The molecule has 2 atom stereocenters. The van der Waals surface area contributed by atoms with Crippen molar-refractivity contribution in [2.24, 2.45) is 17.8 Å². The van der Waals surface area contributed by atoms with Gasteiger partial charge < -0.3 is 14.7 Å². The molecular weight excluding hydrogens is 332 g/mol. The highest BCUT2D eigenvalue weighted by Crippen LogP contribution is 2.27. The predicted molar refractivity (Wildman–Crippen MR) is 90.4 cm³/mol. The van der Waals surface area contributed by atoms with E-state index in [1.165, 1.54) is 6.20 Å². The molecule has 2 unspecified atom stereocenters. The minimum absolute atomic E-state index is 0.0859. The van der Waals surface area contributed by atoms with Crippen molar-refractivity contribution < 1.29 is 19.4 Å². The maximum Gasteiger partial charge on any atom is 0.306 e. The van der Waals surface area contributed by atoms with E-state index in [4.69, 9.17) is 21.4 Å². The molecule has 132 valence electrons. The van der Waals surface area contributed by atoms with Gasteiger partial charge in [-0.3, -0.25) is 9.59 Å². The zero-order valence-electron chi connectivity index (χ0n) is 14.2. The van der Waals surface area contributed by atoms with Gasteiger partial charge in [-0.05, 0) is 24.3 Å². The highest BCUT2D eigenvalue weighted by molar-refractivity contribution is 6.32. The lowest BCUT2D eigenvalue weighted by molar-refractivity contribution is -0.145. The van der Waals surface area contributed by atoms with Crippen molar-refractivity contribution in [3.8, 4) is 5.88 Å². The van der Waals surface area contributed by atoms with Gasteiger partial charge in [-0.1, -0.05) is 32.4 Å². The lowest BCUT2D eigenvalue weighted by atomic mass is 9.87. The van der Waals surface area contributed by atoms with Gasteiger partial charge in [0.15, 0.2) is 0 Å². The molecule has 1 aromatic heterocycles. The van der Waals surface area contributed by atoms with Gasteiger partial charge in [-0.2, -0.15) is 0 Å². The molecule has 0 aromatic carbocycles. The van der Waals surface area contributed by atoms with Crippen molar-refractivity contribution in [2.45, 2.75) is 27.2 Å². The van der Waals surface area contributed by atoms with Crippen LogP contribution in [-0.4, -0.2) is 46.6 Å². The van der Waals surface area contributed by atoms with Gasteiger partial charge >= 0.3 is 5.97 Å². The zero-order valence-corrected chi connectivity index (χ0v) is 14.9. The van der Waals surface area contributed by atoms with E-state index >= 15 is 0 Å². The molecule has 2 rings (SSSR count). The number of likely N-dealkylation sites (tertiary alicyclic amines) is 1. The monoisotopic (exact) mass is 354 g/mol. The molecule has 1 aliphatic heterocycles. The Labute approximate surface area is 146 Å². The highest BCUT2D eigenvalue weighted by Gasteiger charge is 2.33. The summed E-state index contributed by atoms with van der Waals surface area (Å²) in [4.78, 5) is 29.5. The van der Waals surface area contributed by atoms with Crippen LogP contribution >= 0.6 is 11.6 Å². The summed E-state index contributed by atoms with van der Waals surface area (Å²) in [6.07, 6.45) is 1.91. The fourth-order valence-electron chi connectivity index (χ4n) is 2.77. The van der Waals surface area contributed by atoms with Crippen LogP contribution in [0, 0.1) is 17.8 Å². The number of aliphatic carboxylic acids is 1. The third-order valence-electron chi connectivity index (χ3n) is 4.12. The molecule has 0 radical (unpaired) electrons. The number of hydrogen-bond donors (Lipinski definition) is 1. The molecule has 2 heterocycles. The van der Waals surface area contributed by atoms with Crippen LogP contribution in [-0.2, 0) is 4.79 Å². The van der Waals surface area contributed by atoms with Crippen molar-refractivity contribution in [1.29, 1.82) is 0 Å². The molecule has 0 spiro atoms. The first-order valence-corrected chi connectivity index (χ1v) is 8.47. The zero-order chi connectivity index (χ0) is 17.9. The molecule has 1 amide bonds. The molecule has 1 N–H and O–H groups in total. The van der Waals surface area contributed by atoms with E-state index in [0.29, 0.717) is 48.5 Å². The number of ether oxygens (including phenoxy) is 1. The second kappa shape index (κ2) is 7.83. The third kappa shape index (κ3) is 4.38. The van der Waals surface area contributed by atoms with Gasteiger partial charge in [0.05, 0.1) is 18.1 Å². The Hall–Kier alpha value is -1.82. The number of rotatable bonds is 5. The van der Waals surface area contributed by atoms with Gasteiger partial charge in [0.2, 0.25) is 5.88 Å². The largest absolute Gasteiger partial charge is 0.481 e. The molecule has 0 saturated carbocycles. The summed E-state index contributed by atoms with van der Waals surface area (Å²) in [7, 11) is 0. The van der Waals surface area contributed by atoms with Crippen LogP contribution in [0.4, 0.5) is 0 Å². The maximum atomic E-state index is 12.6. The summed E-state index contributed by atoms with van der Waals surface area (Å²) in [5.74, 6) is -0.803. The van der Waals surface area contributed by atoms with Crippen LogP contribution in [0.3, 0.4) is 0 Å². The van der Waals surface area contributed by atoms with Crippen molar-refractivity contribution in [1.82, 2.24) is 9.88 Å². The minimum atomic E-state index is -0.800. The van der Waals surface area contributed by atoms with Crippen LogP contribution in [0.1, 0.15) is 37.6 Å². The number of aromatic nitrogens is 1. The van der Waals surface area contributed by atoms with Gasteiger partial charge in [0.25, 0.3) is 5.91 Å². The van der Waals surface area contributed by atoms with Gasteiger partial charge in [0.1, 0.15) is 5.02 Å². The summed E-state index contributed by atoms with van der Waals surface area (Å²) in [5, 5.41) is 9.46. The van der Waals surface area contributed by atoms with Crippen molar-refractivity contribution in [3.63, 3.8) is 0 Å². The summed E-state index contributed by atoms with van der Waals surface area (Å²) in [5.41, 5.74) is 0.387. The topological polar surface area (TPSA) is 79.7 Å². The van der Waals surface area contributed by atoms with Crippen LogP contribution in [0.2, 0.25) is 5.02 Å². The van der Waals surface area contributed by atoms with E-state index < -0.39 is 11.9 Å². The van der Waals surface area contributed by atoms with E-state index in [2.05, 4.69) is 4.98 Å². The normalized spacial score (nSPS) is 21.0. The summed E-state index contributed by atoms with van der Waals surface area (Å²) in [6, 6.07) is 1.56. The standard InChI is InChI=1S/C17H23ClN2O4/c1-10(2)9-24-15-14(18)6-12(7-19-15)16(21)20-5-4-13(17(22)23)11(3)8-20/h6-7,10-11,13H,4-5,8-9H2,1-3H3,(H,22,23). The Morgan fingerprint density at radius 2 is 2.21 bits per heavy atom. The molecule has 0 aliphatic carbocycles. The Balaban J connectivity index is 2.05. The van der Waals surface area contributed by atoms with Crippen molar-refractivity contribution in [2.75, 3.05) is 19.7 Å². The van der Waals surface area contributed by atoms with Gasteiger partial charge in [-0.15, -0.1) is 0 Å². The molecule has 1 aliphatic rings. The van der Waals surface area contributed by atoms with Crippen molar-refractivity contribution in [3.05, 3.63) is 22.8 Å². The quantitative estimate of drug-likeness (QED) is 0.879. The first kappa shape index (κ1) is 18.5. The Morgan fingerprint density at radius 1 is 1.50 bits per heavy atom. The average Bonchev–Trinajstić information content (AvgIpc) is 2.52. The number of nitrogens with zero attached hydrogens (tertiary/aromatic N) is 2. The number of carboxylic acids is 1. The Kier molecular flexibility index (Phi) is 6.04. The first-order valence-electron chi connectivity index (χ1n) is 8.10. The Morgan fingerprint density at radius 3 is 2.75 bits per heavy atom. The van der Waals surface area contributed by atoms with E-state index in [-0.39, 0.29) is 11.8 Å². The predicted octanol–water partition coefficient (Wildman–Crippen LogP) is 2.95. The van der Waals surface area contributed by atoms with E-state index in [9.17, 15) is 9.59 Å². The number of carbonyl (C=O) groups excluding carboxylic acids is 1. The number of pyridine rings is 1. The van der Waals surface area contributed by atoms with E-state index in [0.717, 1.165) is 0 Å². The number of amides is 1. The lowest BCUT2D eigenvalue weighted by Crippen LogP contribution is -2.45. The smallest absolute Gasteiger partial charge is 0.306 e. The molecule has 6 nitrogen and oxygen atoms in total. The SMILES string of the molecule is CC(C)COc1ncc(C(=O)N2CCC(C(=O)O)C(C)C2)cc1Cl. The number of carbonyl (C=O) groups is 2. The summed E-state index contributed by atoms with van der Waals surface area (Å²) >= 11 is 6.15. The summed E-state index contributed by atoms with van der Waals surface area (Å²) < 4.78 is 5.50. The molecular formula is C17H23ClN2O4. The molecule has 1 aromatic rings. The number of halogens is 1. The second-order valence-corrected chi connectivity index (χ2v) is 7.08. The molecule has 1 saturated heterocycles. The summed E-state index contributed by atoms with van der Waals surface area (Å²) in [6.45, 7) is 7.23. The molecule has 7 heteroatoms. The van der Waals surface area contributed by atoms with Gasteiger partial charge in [0, 0.05) is 19.3 Å². The molecule has 24 heavy (non-hydrogen) atoms. The van der Waals surface area contributed by atoms with Crippen molar-refractivity contribution >= 4 is 23.5 Å². The number of piperidine rings is 1. The number of hydrogen-bond acceptors (Lipinski definition) is 4. The lowest BCUT2D eigenvalue weighted by Gasteiger charge is -2.35. The van der Waals surface area contributed by atoms with Crippen LogP contribution in [0.15, 0.2) is 12.3 Å². The highest BCUT2D eigenvalue weighted by atomic mass is 35.5. The van der Waals surface area contributed by atoms with Gasteiger partial charge in [-0.25, -0.2) is 4.98 Å². The average molecular weight is 355 g/mol. The first-order chi connectivity index (χ1) is 11.3. The van der Waals surface area contributed by atoms with Crippen LogP contribution < -0.4 is 4.74 Å². The van der Waals surface area contributed by atoms with E-state index in [1.807, 2.05) is 20.8 Å². The number of carboxylic acid groups (broad SMARTS) is 1. The molecule has 0 bridgehead atoms. The minimum Gasteiger partial charge on any atom is -0.481 e. The fraction of sp³-hybridized carbons (Fsp3) is 0.588. The van der Waals surface area contributed by atoms with E-state index in [1.54, 1.807) is 11.0 Å². The second-order valence-electron chi connectivity index (χ2n) is 6.68. The fourth-order valence-corrected chi connectivity index (χ4v) is 2.99.